The van der Waals surface area contributed by atoms with Crippen LogP contribution >= 0.6 is 0 Å². The number of para-hydroxylation sites is 2. The summed E-state index contributed by atoms with van der Waals surface area (Å²) in [6.07, 6.45) is 4.26. The van der Waals surface area contributed by atoms with E-state index >= 15 is 0 Å². The number of imidazole rings is 1. The Morgan fingerprint density at radius 1 is 1.19 bits per heavy atom. The Morgan fingerprint density at radius 2 is 1.96 bits per heavy atom. The number of anilines is 1. The molecule has 2 saturated heterocycles. The van der Waals surface area contributed by atoms with Gasteiger partial charge in [-0.1, -0.05) is 19.1 Å². The second-order valence-electron chi connectivity index (χ2n) is 7.89. The Bertz CT molecular complexity index is 793. The molecule has 1 atom stereocenters. The average Bonchev–Trinajstić information content (AvgIpc) is 3.30. The molecule has 1 N–H and O–H groups in total. The summed E-state index contributed by atoms with van der Waals surface area (Å²) in [5, 5.41) is 3.23. The zero-order valence-electron chi connectivity index (χ0n) is 16.5. The molecule has 0 saturated carbocycles. The van der Waals surface area contributed by atoms with Crippen molar-refractivity contribution in [3.05, 3.63) is 24.3 Å². The Labute approximate surface area is 161 Å². The third-order valence-corrected chi connectivity index (χ3v) is 6.33. The summed E-state index contributed by atoms with van der Waals surface area (Å²) in [5.41, 5.74) is 2.19. The zero-order valence-corrected chi connectivity index (χ0v) is 16.5. The second-order valence-corrected chi connectivity index (χ2v) is 7.89. The van der Waals surface area contributed by atoms with Gasteiger partial charge < -0.3 is 14.8 Å². The first-order valence-corrected chi connectivity index (χ1v) is 10.4. The van der Waals surface area contributed by atoms with Crippen molar-refractivity contribution in [2.24, 2.45) is 13.0 Å². The molecule has 2 aromatic rings. The van der Waals surface area contributed by atoms with Gasteiger partial charge in [0.25, 0.3) is 0 Å². The molecule has 2 aliphatic rings. The first kappa shape index (κ1) is 18.3. The van der Waals surface area contributed by atoms with Crippen molar-refractivity contribution in [2.45, 2.75) is 38.6 Å². The van der Waals surface area contributed by atoms with Crippen LogP contribution in [-0.4, -0.2) is 59.1 Å². The molecule has 0 radical (unpaired) electrons. The Morgan fingerprint density at radius 3 is 2.70 bits per heavy atom. The maximum Gasteiger partial charge on any atom is 0.223 e. The van der Waals surface area contributed by atoms with E-state index in [-0.39, 0.29) is 11.8 Å². The molecular weight excluding hydrogens is 338 g/mol. The predicted octanol–water partition coefficient (Wildman–Crippen LogP) is 2.39. The molecule has 6 nitrogen and oxygen atoms in total. The summed E-state index contributed by atoms with van der Waals surface area (Å²) in [6.45, 7) is 7.04. The fourth-order valence-corrected chi connectivity index (χ4v) is 4.66. The van der Waals surface area contributed by atoms with E-state index in [0.29, 0.717) is 6.04 Å². The lowest BCUT2D eigenvalue weighted by molar-refractivity contribution is -0.125. The van der Waals surface area contributed by atoms with Crippen LogP contribution in [0.1, 0.15) is 32.6 Å². The van der Waals surface area contributed by atoms with Crippen LogP contribution in [0.5, 0.6) is 0 Å². The Kier molecular flexibility index (Phi) is 5.34. The quantitative estimate of drug-likeness (QED) is 0.879. The highest BCUT2D eigenvalue weighted by molar-refractivity contribution is 5.80. The summed E-state index contributed by atoms with van der Waals surface area (Å²) in [7, 11) is 2.07. The minimum Gasteiger partial charge on any atom is -0.354 e. The minimum atomic E-state index is 0.132. The van der Waals surface area contributed by atoms with Crippen LogP contribution < -0.4 is 10.2 Å². The van der Waals surface area contributed by atoms with Crippen molar-refractivity contribution >= 4 is 22.9 Å². The Hall–Kier alpha value is -2.08. The van der Waals surface area contributed by atoms with Crippen LogP contribution in [-0.2, 0) is 11.8 Å². The maximum absolute atomic E-state index is 12.6. The molecule has 0 unspecified atom stereocenters. The van der Waals surface area contributed by atoms with Gasteiger partial charge in [0, 0.05) is 38.6 Å². The first-order chi connectivity index (χ1) is 13.2. The summed E-state index contributed by atoms with van der Waals surface area (Å²) < 4.78 is 2.16. The van der Waals surface area contributed by atoms with Gasteiger partial charge in [-0.25, -0.2) is 4.98 Å². The molecule has 2 fully saturated rings. The van der Waals surface area contributed by atoms with Gasteiger partial charge in [0.2, 0.25) is 11.9 Å². The monoisotopic (exact) mass is 369 g/mol. The van der Waals surface area contributed by atoms with Gasteiger partial charge in [-0.05, 0) is 50.9 Å². The molecule has 146 valence electrons. The van der Waals surface area contributed by atoms with Crippen molar-refractivity contribution in [3.63, 3.8) is 0 Å². The van der Waals surface area contributed by atoms with Crippen LogP contribution in [0.2, 0.25) is 0 Å². The SMILES string of the molecule is CCN1CCC[C@@H]1CNC(=O)C1CCN(c2nc3ccccc3n2C)CC1. The van der Waals surface area contributed by atoms with Crippen molar-refractivity contribution in [3.8, 4) is 0 Å². The number of benzene rings is 1. The van der Waals surface area contributed by atoms with E-state index in [2.05, 4.69) is 45.8 Å². The summed E-state index contributed by atoms with van der Waals surface area (Å²) in [5.74, 6) is 1.38. The molecule has 4 rings (SSSR count). The van der Waals surface area contributed by atoms with E-state index in [1.807, 2.05) is 12.1 Å². The van der Waals surface area contributed by atoms with E-state index < -0.39 is 0 Å². The van der Waals surface area contributed by atoms with Gasteiger partial charge in [0.1, 0.15) is 0 Å². The number of nitrogens with one attached hydrogen (secondary N) is 1. The highest BCUT2D eigenvalue weighted by atomic mass is 16.1. The van der Waals surface area contributed by atoms with Crippen molar-refractivity contribution < 1.29 is 4.79 Å². The Balaban J connectivity index is 1.31. The van der Waals surface area contributed by atoms with Gasteiger partial charge >= 0.3 is 0 Å². The van der Waals surface area contributed by atoms with Crippen molar-refractivity contribution in [1.29, 1.82) is 0 Å². The van der Waals surface area contributed by atoms with Gasteiger partial charge in [-0.15, -0.1) is 0 Å². The molecule has 0 spiro atoms. The lowest BCUT2D eigenvalue weighted by Gasteiger charge is -2.32. The normalized spacial score (nSPS) is 21.9. The number of amides is 1. The zero-order chi connectivity index (χ0) is 18.8. The molecule has 1 amide bonds. The lowest BCUT2D eigenvalue weighted by atomic mass is 9.96. The third kappa shape index (κ3) is 3.68. The molecule has 6 heteroatoms. The van der Waals surface area contributed by atoms with Gasteiger partial charge in [0.15, 0.2) is 0 Å². The smallest absolute Gasteiger partial charge is 0.223 e. The summed E-state index contributed by atoms with van der Waals surface area (Å²) in [4.78, 5) is 22.2. The highest BCUT2D eigenvalue weighted by Gasteiger charge is 2.29. The predicted molar refractivity (Wildman–Crippen MR) is 109 cm³/mol. The van der Waals surface area contributed by atoms with Crippen LogP contribution in [0.3, 0.4) is 0 Å². The number of rotatable bonds is 5. The number of carbonyl (C=O) groups is 1. The topological polar surface area (TPSA) is 53.4 Å². The number of nitrogens with zero attached hydrogens (tertiary/aromatic N) is 4. The fraction of sp³-hybridized carbons (Fsp3) is 0.619. The van der Waals surface area contributed by atoms with E-state index in [0.717, 1.165) is 56.0 Å². The average molecular weight is 370 g/mol. The molecule has 1 aromatic heterocycles. The summed E-state index contributed by atoms with van der Waals surface area (Å²) in [6, 6.07) is 8.77. The minimum absolute atomic E-state index is 0.132. The molecule has 0 bridgehead atoms. The number of fused-ring (bicyclic) bond motifs is 1. The molecular formula is C21H31N5O. The van der Waals surface area contributed by atoms with Gasteiger partial charge in [0.05, 0.1) is 11.0 Å². The lowest BCUT2D eigenvalue weighted by Crippen LogP contribution is -2.45. The fourth-order valence-electron chi connectivity index (χ4n) is 4.66. The van der Waals surface area contributed by atoms with Crippen LogP contribution in [0.25, 0.3) is 11.0 Å². The van der Waals surface area contributed by atoms with Crippen molar-refractivity contribution in [1.82, 2.24) is 19.8 Å². The number of piperidine rings is 1. The number of likely N-dealkylation sites (N-methyl/N-ethyl adjacent to an activating group) is 1. The van der Waals surface area contributed by atoms with Gasteiger partial charge in [-0.2, -0.15) is 0 Å². The first-order valence-electron chi connectivity index (χ1n) is 10.4. The molecule has 0 aliphatic carbocycles. The van der Waals surface area contributed by atoms with Crippen LogP contribution in [0.4, 0.5) is 5.95 Å². The van der Waals surface area contributed by atoms with Gasteiger partial charge in [-0.3, -0.25) is 9.69 Å². The van der Waals surface area contributed by atoms with Crippen LogP contribution in [0.15, 0.2) is 24.3 Å². The number of carbonyl (C=O) groups excluding carboxylic acids is 1. The second kappa shape index (κ2) is 7.89. The van der Waals surface area contributed by atoms with E-state index in [9.17, 15) is 4.79 Å². The van der Waals surface area contributed by atoms with E-state index in [1.54, 1.807) is 0 Å². The molecule has 27 heavy (non-hydrogen) atoms. The van der Waals surface area contributed by atoms with Crippen LogP contribution in [0, 0.1) is 5.92 Å². The molecule has 1 aromatic carbocycles. The number of likely N-dealkylation sites (tertiary alicyclic amines) is 1. The number of hydrogen-bond acceptors (Lipinski definition) is 4. The summed E-state index contributed by atoms with van der Waals surface area (Å²) >= 11 is 0. The molecule has 3 heterocycles. The standard InChI is InChI=1S/C21H31N5O/c1-3-25-12-6-7-17(25)15-22-20(27)16-10-13-26(14-11-16)21-23-18-8-4-5-9-19(18)24(21)2/h4-5,8-9,16-17H,3,6-7,10-15H2,1-2H3,(H,22,27)/t17-/m1/s1. The van der Waals surface area contributed by atoms with E-state index in [1.165, 1.54) is 19.4 Å². The third-order valence-electron chi connectivity index (χ3n) is 6.33. The molecule has 2 aliphatic heterocycles. The number of aryl methyl sites for hydroxylation is 1. The number of aromatic nitrogens is 2. The highest BCUT2D eigenvalue weighted by Crippen LogP contribution is 2.26. The van der Waals surface area contributed by atoms with E-state index in [4.69, 9.17) is 4.98 Å². The van der Waals surface area contributed by atoms with Crippen molar-refractivity contribution in [2.75, 3.05) is 37.6 Å². The largest absolute Gasteiger partial charge is 0.354 e. The number of hydrogen-bond donors (Lipinski definition) is 1. The maximum atomic E-state index is 12.6.